The average molecular weight is 462 g/mol. The largest absolute Gasteiger partial charge is 0.474 e. The number of fused-ring (bicyclic) bond motifs is 3. The topological polar surface area (TPSA) is 78.6 Å². The predicted molar refractivity (Wildman–Crippen MR) is 132 cm³/mol. The van der Waals surface area contributed by atoms with Gasteiger partial charge in [-0.25, -0.2) is 4.98 Å². The molecule has 1 fully saturated rings. The molecule has 1 aromatic carbocycles. The maximum absolute atomic E-state index is 8.72. The molecule has 7 heteroatoms. The van der Waals surface area contributed by atoms with E-state index in [0.717, 1.165) is 30.4 Å². The zero-order chi connectivity index (χ0) is 23.3. The molecule has 3 aromatic heterocycles. The first-order chi connectivity index (χ1) is 16.7. The lowest BCUT2D eigenvalue weighted by molar-refractivity contribution is -0.0662. The molecule has 1 saturated carbocycles. The van der Waals surface area contributed by atoms with Crippen molar-refractivity contribution >= 4 is 21.8 Å². The second kappa shape index (κ2) is 10.5. The van der Waals surface area contributed by atoms with Gasteiger partial charge in [-0.15, -0.1) is 0 Å². The van der Waals surface area contributed by atoms with Gasteiger partial charge in [-0.05, 0) is 36.6 Å². The summed E-state index contributed by atoms with van der Waals surface area (Å²) >= 11 is 0. The van der Waals surface area contributed by atoms with Crippen molar-refractivity contribution in [3.05, 3.63) is 55.0 Å². The van der Waals surface area contributed by atoms with Crippen LogP contribution in [0.3, 0.4) is 0 Å². The fourth-order valence-electron chi connectivity index (χ4n) is 4.45. The summed E-state index contributed by atoms with van der Waals surface area (Å²) in [7, 11) is 2.09. The van der Waals surface area contributed by atoms with E-state index in [4.69, 9.17) is 19.3 Å². The fraction of sp³-hybridized carbons (Fsp3) is 0.407. The summed E-state index contributed by atoms with van der Waals surface area (Å²) in [4.78, 5) is 8.82. The normalized spacial score (nSPS) is 17.8. The van der Waals surface area contributed by atoms with E-state index in [-0.39, 0.29) is 18.8 Å². The number of nitrogens with zero attached hydrogens (tertiary/aromatic N) is 3. The lowest BCUT2D eigenvalue weighted by Crippen LogP contribution is -2.39. The highest BCUT2D eigenvalue weighted by molar-refractivity contribution is 6.08. The van der Waals surface area contributed by atoms with Crippen molar-refractivity contribution in [2.24, 2.45) is 7.05 Å². The number of pyridine rings is 2. The van der Waals surface area contributed by atoms with Crippen LogP contribution in [0.4, 0.5) is 0 Å². The van der Waals surface area contributed by atoms with E-state index in [2.05, 4.69) is 45.8 Å². The van der Waals surface area contributed by atoms with E-state index in [1.807, 2.05) is 30.7 Å². The molecule has 178 valence electrons. The molecule has 0 amide bonds. The van der Waals surface area contributed by atoms with Crippen LogP contribution in [0, 0.1) is 0 Å². The van der Waals surface area contributed by atoms with Crippen LogP contribution in [0.2, 0.25) is 0 Å². The summed E-state index contributed by atoms with van der Waals surface area (Å²) in [6.07, 6.45) is 9.39. The number of aliphatic hydroxyl groups is 1. The molecule has 4 aromatic rings. The summed E-state index contributed by atoms with van der Waals surface area (Å²) in [5.74, 6) is 0.654. The van der Waals surface area contributed by atoms with E-state index in [1.165, 1.54) is 21.8 Å². The number of aliphatic hydroxyl groups excluding tert-OH is 1. The Morgan fingerprint density at radius 1 is 0.912 bits per heavy atom. The van der Waals surface area contributed by atoms with Gasteiger partial charge < -0.3 is 23.9 Å². The van der Waals surface area contributed by atoms with Crippen molar-refractivity contribution < 1.29 is 19.3 Å². The third kappa shape index (κ3) is 4.92. The Kier molecular flexibility index (Phi) is 7.04. The maximum atomic E-state index is 8.72. The molecule has 5 rings (SSSR count). The van der Waals surface area contributed by atoms with Gasteiger partial charge in [-0.2, -0.15) is 0 Å². The van der Waals surface area contributed by atoms with Crippen molar-refractivity contribution in [3.8, 4) is 17.0 Å². The predicted octanol–water partition coefficient (Wildman–Crippen LogP) is 4.50. The second-order valence-corrected chi connectivity index (χ2v) is 8.82. The van der Waals surface area contributed by atoms with Crippen molar-refractivity contribution in [1.82, 2.24) is 14.5 Å². The lowest BCUT2D eigenvalue weighted by atomic mass is 9.92. The third-order valence-corrected chi connectivity index (χ3v) is 6.45. The van der Waals surface area contributed by atoms with Gasteiger partial charge in [0.15, 0.2) is 0 Å². The van der Waals surface area contributed by atoms with Gasteiger partial charge in [-0.1, -0.05) is 12.1 Å². The van der Waals surface area contributed by atoms with Crippen LogP contribution in [0.25, 0.3) is 32.9 Å². The van der Waals surface area contributed by atoms with Crippen LogP contribution < -0.4 is 4.74 Å². The molecule has 7 nitrogen and oxygen atoms in total. The van der Waals surface area contributed by atoms with Crippen LogP contribution in [0.1, 0.15) is 25.7 Å². The molecule has 0 spiro atoms. The van der Waals surface area contributed by atoms with Crippen LogP contribution in [-0.4, -0.2) is 58.3 Å². The molecule has 0 radical (unpaired) electrons. The van der Waals surface area contributed by atoms with Gasteiger partial charge in [0.25, 0.3) is 0 Å². The number of hydrogen-bond acceptors (Lipinski definition) is 6. The Labute approximate surface area is 199 Å². The molecule has 0 saturated heterocycles. The highest BCUT2D eigenvalue weighted by Gasteiger charge is 2.31. The van der Waals surface area contributed by atoms with Crippen molar-refractivity contribution in [2.45, 2.75) is 37.9 Å². The first-order valence-corrected chi connectivity index (χ1v) is 12.0. The third-order valence-electron chi connectivity index (χ3n) is 6.45. The smallest absolute Gasteiger partial charge is 0.213 e. The monoisotopic (exact) mass is 461 g/mol. The van der Waals surface area contributed by atoms with Gasteiger partial charge >= 0.3 is 0 Å². The van der Waals surface area contributed by atoms with Crippen molar-refractivity contribution in [1.29, 1.82) is 0 Å². The van der Waals surface area contributed by atoms with E-state index in [1.54, 1.807) is 0 Å². The van der Waals surface area contributed by atoms with Gasteiger partial charge in [0.2, 0.25) is 5.88 Å². The number of ether oxygens (including phenoxy) is 3. The number of benzene rings is 1. The van der Waals surface area contributed by atoms with Crippen molar-refractivity contribution in [3.63, 3.8) is 0 Å². The molecule has 0 aliphatic heterocycles. The summed E-state index contributed by atoms with van der Waals surface area (Å²) < 4.78 is 19.5. The summed E-state index contributed by atoms with van der Waals surface area (Å²) in [6, 6.07) is 12.6. The zero-order valence-corrected chi connectivity index (χ0v) is 19.5. The lowest BCUT2D eigenvalue weighted by Gasteiger charge is -2.34. The average Bonchev–Trinajstić information content (AvgIpc) is 3.13. The van der Waals surface area contributed by atoms with E-state index in [9.17, 15) is 0 Å². The van der Waals surface area contributed by atoms with Crippen LogP contribution in [0.15, 0.2) is 55.0 Å². The highest BCUT2D eigenvalue weighted by atomic mass is 16.5. The van der Waals surface area contributed by atoms with Crippen LogP contribution in [0.5, 0.6) is 5.88 Å². The summed E-state index contributed by atoms with van der Waals surface area (Å²) in [5.41, 5.74) is 4.55. The minimum atomic E-state index is 0.157. The molecule has 0 bridgehead atoms. The summed E-state index contributed by atoms with van der Waals surface area (Å²) in [5, 5.41) is 11.1. The van der Waals surface area contributed by atoms with E-state index < -0.39 is 0 Å². The quantitative estimate of drug-likeness (QED) is 0.331. The molecule has 1 N–H and O–H groups in total. The summed E-state index contributed by atoms with van der Waals surface area (Å²) in [6.45, 7) is 2.15. The molecular weight excluding hydrogens is 430 g/mol. The minimum absolute atomic E-state index is 0.157. The molecule has 0 atom stereocenters. The van der Waals surface area contributed by atoms with Gasteiger partial charge in [0.1, 0.15) is 6.10 Å². The van der Waals surface area contributed by atoms with Gasteiger partial charge in [0.05, 0.1) is 11.6 Å². The van der Waals surface area contributed by atoms with Gasteiger partial charge in [0, 0.05) is 92.8 Å². The molecular formula is C27H31N3O4. The highest BCUT2D eigenvalue weighted by Crippen LogP contribution is 2.32. The Hall–Kier alpha value is -3.00. The molecule has 0 unspecified atom stereocenters. The fourth-order valence-corrected chi connectivity index (χ4v) is 4.45. The molecule has 1 aliphatic carbocycles. The Bertz CT molecular complexity index is 1230. The Balaban J connectivity index is 1.12. The van der Waals surface area contributed by atoms with E-state index in [0.29, 0.717) is 32.1 Å². The first-order valence-electron chi connectivity index (χ1n) is 12.0. The second-order valence-electron chi connectivity index (χ2n) is 8.82. The van der Waals surface area contributed by atoms with E-state index >= 15 is 0 Å². The molecule has 34 heavy (non-hydrogen) atoms. The SMILES string of the molecule is Cn1c2ccncc2c2ccc(-c3ccc(O[C@H]4C[C@H](OCCCOCCCO)C4)nc3)cc21. The number of rotatable bonds is 11. The van der Waals surface area contributed by atoms with Crippen LogP contribution >= 0.6 is 0 Å². The van der Waals surface area contributed by atoms with Gasteiger partial charge in [-0.3, -0.25) is 4.98 Å². The minimum Gasteiger partial charge on any atom is -0.474 e. The van der Waals surface area contributed by atoms with Crippen molar-refractivity contribution in [2.75, 3.05) is 26.4 Å². The molecule has 3 heterocycles. The number of aryl methyl sites for hydroxylation is 1. The van der Waals surface area contributed by atoms with Crippen LogP contribution in [-0.2, 0) is 16.5 Å². The maximum Gasteiger partial charge on any atom is 0.213 e. The number of aromatic nitrogens is 3. The molecule has 1 aliphatic rings. The standard InChI is InChI=1S/C27H31N3O4/c1-30-25-8-9-28-18-24(25)23-6-4-19(14-26(23)30)20-5-7-27(29-17-20)34-22-15-21(16-22)33-13-3-12-32-11-2-10-31/h4-9,14,17-18,21-22,31H,2-3,10-13,15-16H2,1H3/t21-,22-. The number of hydrogen-bond donors (Lipinski definition) is 1. The first kappa shape index (κ1) is 22.8. The zero-order valence-electron chi connectivity index (χ0n) is 19.5. The Morgan fingerprint density at radius 2 is 1.76 bits per heavy atom. The Morgan fingerprint density at radius 3 is 2.59 bits per heavy atom.